The molecule has 9 heteroatoms. The van der Waals surface area contributed by atoms with Crippen molar-refractivity contribution in [1.29, 1.82) is 0 Å². The van der Waals surface area contributed by atoms with Crippen LogP contribution in [0, 0.1) is 0 Å². The summed E-state index contributed by atoms with van der Waals surface area (Å²) < 4.78 is 3.90. The van der Waals surface area contributed by atoms with Gasteiger partial charge in [-0.05, 0) is 52.1 Å². The molecule has 1 unspecified atom stereocenters. The van der Waals surface area contributed by atoms with Crippen molar-refractivity contribution in [3.63, 3.8) is 0 Å². The molecule has 0 aliphatic heterocycles. The molecule has 1 saturated carbocycles. The molecular weight excluding hydrogens is 354 g/mol. The van der Waals surface area contributed by atoms with E-state index in [-0.39, 0.29) is 34.1 Å². The molecule has 1 aromatic rings. The molecule has 1 heterocycles. The molecule has 2 rings (SSSR count). The maximum Gasteiger partial charge on any atom is 0.270 e. The predicted molar refractivity (Wildman–Crippen MR) is 101 cm³/mol. The highest BCUT2D eigenvalue weighted by atomic mass is 32.1. The van der Waals surface area contributed by atoms with Crippen molar-refractivity contribution in [1.82, 2.24) is 14.6 Å². The molecule has 0 radical (unpaired) electrons. The average molecular weight is 382 g/mol. The third-order valence-electron chi connectivity index (χ3n) is 4.40. The number of aromatic nitrogens is 1. The highest BCUT2D eigenvalue weighted by molar-refractivity contribution is 7.09. The van der Waals surface area contributed by atoms with Crippen LogP contribution in [-0.2, 0) is 4.79 Å². The molecule has 0 saturated heterocycles. The van der Waals surface area contributed by atoms with Gasteiger partial charge in [-0.3, -0.25) is 14.4 Å². The van der Waals surface area contributed by atoms with Gasteiger partial charge in [0.1, 0.15) is 10.9 Å². The van der Waals surface area contributed by atoms with E-state index in [0.717, 1.165) is 37.2 Å². The lowest BCUT2D eigenvalue weighted by molar-refractivity contribution is -0.127. The normalized spacial score (nSPS) is 16.3. The summed E-state index contributed by atoms with van der Waals surface area (Å²) in [6.07, 6.45) is 3.68. The number of hydrogen-bond donors (Lipinski definition) is 3. The molecule has 8 nitrogen and oxygen atoms in total. The SMILES string of the molecule is CC(C(=O)NC(C)(C)C)N(C(=O)c1snc(C(N)=O)c1N)C1CCCC1. The first-order chi connectivity index (χ1) is 12.0. The van der Waals surface area contributed by atoms with E-state index in [1.165, 1.54) is 0 Å². The molecule has 0 aromatic carbocycles. The zero-order valence-corrected chi connectivity index (χ0v) is 16.5. The predicted octanol–water partition coefficient (Wildman–Crippen LogP) is 1.51. The molecule has 0 spiro atoms. The van der Waals surface area contributed by atoms with E-state index >= 15 is 0 Å². The maximum atomic E-state index is 13.2. The molecule has 1 aliphatic rings. The van der Waals surface area contributed by atoms with Crippen LogP contribution in [0.2, 0.25) is 0 Å². The summed E-state index contributed by atoms with van der Waals surface area (Å²) in [5, 5.41) is 2.92. The smallest absolute Gasteiger partial charge is 0.270 e. The molecule has 5 N–H and O–H groups in total. The van der Waals surface area contributed by atoms with E-state index in [0.29, 0.717) is 0 Å². The Labute approximate surface area is 157 Å². The van der Waals surface area contributed by atoms with Crippen LogP contribution in [0.1, 0.15) is 73.5 Å². The Morgan fingerprint density at radius 1 is 1.27 bits per heavy atom. The van der Waals surface area contributed by atoms with Crippen LogP contribution in [0.4, 0.5) is 5.69 Å². The van der Waals surface area contributed by atoms with Crippen LogP contribution in [0.25, 0.3) is 0 Å². The number of carbonyl (C=O) groups is 3. The average Bonchev–Trinajstić information content (AvgIpc) is 3.15. The van der Waals surface area contributed by atoms with Gasteiger partial charge in [0.25, 0.3) is 11.8 Å². The summed E-state index contributed by atoms with van der Waals surface area (Å²) in [5.74, 6) is -1.38. The van der Waals surface area contributed by atoms with Crippen molar-refractivity contribution in [3.8, 4) is 0 Å². The van der Waals surface area contributed by atoms with Gasteiger partial charge in [-0.25, -0.2) is 0 Å². The number of nitrogens with zero attached hydrogens (tertiary/aromatic N) is 2. The maximum absolute atomic E-state index is 13.2. The number of nitrogens with one attached hydrogen (secondary N) is 1. The summed E-state index contributed by atoms with van der Waals surface area (Å²) in [7, 11) is 0. The fourth-order valence-electron chi connectivity index (χ4n) is 3.19. The Balaban J connectivity index is 2.34. The van der Waals surface area contributed by atoms with Gasteiger partial charge >= 0.3 is 0 Å². The standard InChI is InChI=1S/C17H27N5O3S/c1-9(15(24)20-17(2,3)4)22(10-7-5-6-8-10)16(25)13-11(18)12(14(19)23)21-26-13/h9-10H,5-8,18H2,1-4H3,(H2,19,23)(H,20,24). The summed E-state index contributed by atoms with van der Waals surface area (Å²) >= 11 is 0.843. The van der Waals surface area contributed by atoms with Crippen molar-refractivity contribution in [3.05, 3.63) is 10.6 Å². The molecule has 1 fully saturated rings. The summed E-state index contributed by atoms with van der Waals surface area (Å²) in [6, 6.07) is -0.704. The molecule has 3 amide bonds. The van der Waals surface area contributed by atoms with Gasteiger partial charge in [0.2, 0.25) is 5.91 Å². The fraction of sp³-hybridized carbons (Fsp3) is 0.647. The zero-order chi connectivity index (χ0) is 19.6. The lowest BCUT2D eigenvalue weighted by Crippen LogP contribution is -2.55. The highest BCUT2D eigenvalue weighted by Gasteiger charge is 2.37. The topological polar surface area (TPSA) is 131 Å². The molecule has 144 valence electrons. The zero-order valence-electron chi connectivity index (χ0n) is 15.7. The molecule has 1 aromatic heterocycles. The number of hydrogen-bond acceptors (Lipinski definition) is 6. The molecule has 26 heavy (non-hydrogen) atoms. The number of primary amides is 1. The summed E-state index contributed by atoms with van der Waals surface area (Å²) in [5.41, 5.74) is 10.6. The number of nitrogen functional groups attached to an aromatic ring is 1. The van der Waals surface area contributed by atoms with Gasteiger partial charge in [-0.15, -0.1) is 0 Å². The number of rotatable bonds is 5. The lowest BCUT2D eigenvalue weighted by atomic mass is 10.1. The number of anilines is 1. The Morgan fingerprint density at radius 2 is 1.85 bits per heavy atom. The Bertz CT molecular complexity index is 704. The lowest BCUT2D eigenvalue weighted by Gasteiger charge is -2.35. The second-order valence-corrected chi connectivity index (χ2v) is 8.48. The monoisotopic (exact) mass is 381 g/mol. The Hall–Kier alpha value is -2.16. The van der Waals surface area contributed by atoms with Crippen LogP contribution in [0.5, 0.6) is 0 Å². The van der Waals surface area contributed by atoms with E-state index in [1.54, 1.807) is 11.8 Å². The van der Waals surface area contributed by atoms with Crippen molar-refractivity contribution in [2.45, 2.75) is 71.0 Å². The van der Waals surface area contributed by atoms with Crippen molar-refractivity contribution in [2.24, 2.45) is 5.73 Å². The Kier molecular flexibility index (Phi) is 5.90. The summed E-state index contributed by atoms with van der Waals surface area (Å²) in [4.78, 5) is 39.0. The van der Waals surface area contributed by atoms with Crippen molar-refractivity contribution >= 4 is 34.9 Å². The number of amides is 3. The van der Waals surface area contributed by atoms with Gasteiger partial charge in [-0.1, -0.05) is 12.8 Å². The van der Waals surface area contributed by atoms with Crippen LogP contribution in [0.3, 0.4) is 0 Å². The number of nitrogens with two attached hydrogens (primary N) is 2. The van der Waals surface area contributed by atoms with Crippen LogP contribution in [-0.4, -0.2) is 44.6 Å². The highest BCUT2D eigenvalue weighted by Crippen LogP contribution is 2.30. The van der Waals surface area contributed by atoms with E-state index < -0.39 is 17.5 Å². The van der Waals surface area contributed by atoms with Gasteiger partial charge in [0.15, 0.2) is 5.69 Å². The first-order valence-electron chi connectivity index (χ1n) is 8.72. The van der Waals surface area contributed by atoms with Gasteiger partial charge in [-0.2, -0.15) is 4.37 Å². The van der Waals surface area contributed by atoms with Crippen LogP contribution < -0.4 is 16.8 Å². The van der Waals surface area contributed by atoms with E-state index in [1.807, 2.05) is 20.8 Å². The van der Waals surface area contributed by atoms with Gasteiger partial charge < -0.3 is 21.7 Å². The minimum Gasteiger partial charge on any atom is -0.395 e. The van der Waals surface area contributed by atoms with E-state index in [9.17, 15) is 14.4 Å². The van der Waals surface area contributed by atoms with Crippen molar-refractivity contribution in [2.75, 3.05) is 5.73 Å². The van der Waals surface area contributed by atoms with Crippen LogP contribution in [0.15, 0.2) is 0 Å². The molecule has 0 bridgehead atoms. The molecular formula is C17H27N5O3S. The second-order valence-electron chi connectivity index (χ2n) is 7.70. The summed E-state index contributed by atoms with van der Waals surface area (Å²) in [6.45, 7) is 7.38. The first kappa shape index (κ1) is 20.2. The molecule has 1 atom stereocenters. The third-order valence-corrected chi connectivity index (χ3v) is 5.25. The number of carbonyl (C=O) groups excluding carboxylic acids is 3. The van der Waals surface area contributed by atoms with Crippen molar-refractivity contribution < 1.29 is 14.4 Å². The van der Waals surface area contributed by atoms with Gasteiger partial charge in [0, 0.05) is 11.6 Å². The fourth-order valence-corrected chi connectivity index (χ4v) is 3.94. The minimum absolute atomic E-state index is 0.0149. The minimum atomic E-state index is -0.774. The Morgan fingerprint density at radius 3 is 2.31 bits per heavy atom. The molecule has 1 aliphatic carbocycles. The van der Waals surface area contributed by atoms with E-state index in [4.69, 9.17) is 11.5 Å². The third kappa shape index (κ3) is 4.32. The largest absolute Gasteiger partial charge is 0.395 e. The van der Waals surface area contributed by atoms with E-state index in [2.05, 4.69) is 9.69 Å². The quantitative estimate of drug-likeness (QED) is 0.711. The second kappa shape index (κ2) is 7.61. The van der Waals surface area contributed by atoms with Gasteiger partial charge in [0.05, 0.1) is 5.69 Å². The van der Waals surface area contributed by atoms with Crippen LogP contribution >= 0.6 is 11.5 Å². The first-order valence-corrected chi connectivity index (χ1v) is 9.50.